The predicted octanol–water partition coefficient (Wildman–Crippen LogP) is 31.0. The number of para-hydroxylation sites is 8. The maximum absolute atomic E-state index is 6.23. The molecular weight excluding hydrogens is 1470 g/mol. The molecule has 0 saturated heterocycles. The molecule has 0 radical (unpaired) electrons. The maximum atomic E-state index is 6.23. The first-order valence-electron chi connectivity index (χ1n) is 38.9. The monoisotopic (exact) mass is 1540 g/mol. The Morgan fingerprint density at radius 2 is 0.478 bits per heavy atom. The molecule has 0 unspecified atom stereocenters. The first kappa shape index (κ1) is 69.4. The van der Waals surface area contributed by atoms with Gasteiger partial charge in [-0.05, 0) is 201 Å². The van der Waals surface area contributed by atoms with Gasteiger partial charge >= 0.3 is 0 Å². The number of furan rings is 2. The minimum atomic E-state index is 0.901. The number of halogens is 1. The fourth-order valence-corrected chi connectivity index (χ4v) is 16.7. The number of anilines is 5. The van der Waals surface area contributed by atoms with Gasteiger partial charge in [0.2, 0.25) is 0 Å². The van der Waals surface area contributed by atoms with Crippen LogP contribution in [-0.4, -0.2) is 9.13 Å². The number of nitrogens with zero attached hydrogens (tertiary/aromatic N) is 3. The van der Waals surface area contributed by atoms with Crippen molar-refractivity contribution in [1.29, 1.82) is 0 Å². The second-order valence-electron chi connectivity index (χ2n) is 28.9. The molecule has 0 amide bonds. The van der Waals surface area contributed by atoms with Crippen molar-refractivity contribution in [2.75, 3.05) is 10.2 Å². The molecule has 115 heavy (non-hydrogen) atoms. The molecule has 18 aromatic carbocycles. The van der Waals surface area contributed by atoms with Gasteiger partial charge in [0.15, 0.2) is 0 Å². The molecule has 0 spiro atoms. The number of fused-ring (bicyclic) bond motifs is 12. The maximum Gasteiger partial charge on any atom is 0.136 e. The van der Waals surface area contributed by atoms with Crippen LogP contribution in [0.2, 0.25) is 0 Å². The van der Waals surface area contributed by atoms with Crippen LogP contribution in [0.1, 0.15) is 0 Å². The minimum absolute atomic E-state index is 0.901. The molecule has 0 atom stereocenters. The number of hydrogen-bond acceptors (Lipinski definition) is 4. The standard InChI is InChI=1S/C54H36N2O.C30H21NO.C24H16BrN/c1-2-12-37(13-3-1)38-22-29-42(30-23-38)55(43-31-24-39(25-32-43)41-28-35-49-48-17-7-11-21-53(48)57-54(49)36-41)44-33-26-40(27-34-44)45-14-4-8-18-50(45)56-51-19-9-5-15-46(51)47-16-6-10-20-52(47)56;1-2-6-21(7-3-1)22-10-15-25(16-11-22)31-26-17-12-23(13-18-26)24-14-19-28-27-8-4-5-9-29(27)32-30(28)20-24;25-18-15-13-17(14-16-18)19-7-1-4-10-22(19)26-23-11-5-2-8-20(23)21-9-3-6-12-24(21)26/h1-36H;1-20,31H;1-16H. The summed E-state index contributed by atoms with van der Waals surface area (Å²) >= 11 is 3.54. The SMILES string of the molecule is Brc1ccc(-c2ccccc2-n2c3ccccc3c3ccccc32)cc1.c1ccc(-c2ccc(N(c3ccc(-c4ccc5c(c4)oc4ccccc45)cc3)c3ccc(-c4ccccc4-n4c5ccccc5c5ccccc54)cc3)cc2)cc1.c1ccc(-c2ccc(Nc3ccc(-c4ccc5c(c4)oc4ccccc45)cc3)cc2)cc1. The summed E-state index contributed by atoms with van der Waals surface area (Å²) in [5.74, 6) is 0. The van der Waals surface area contributed by atoms with E-state index in [2.05, 4.69) is 436 Å². The van der Waals surface area contributed by atoms with E-state index in [1.54, 1.807) is 0 Å². The third-order valence-corrected chi connectivity index (χ3v) is 22.5. The highest BCUT2D eigenvalue weighted by Crippen LogP contribution is 2.43. The van der Waals surface area contributed by atoms with Crippen molar-refractivity contribution in [1.82, 2.24) is 9.13 Å². The van der Waals surface area contributed by atoms with Gasteiger partial charge < -0.3 is 28.2 Å². The van der Waals surface area contributed by atoms with E-state index in [4.69, 9.17) is 8.83 Å². The molecule has 22 rings (SSSR count). The Bertz CT molecular complexity index is 7160. The van der Waals surface area contributed by atoms with Gasteiger partial charge in [-0.2, -0.15) is 0 Å². The van der Waals surface area contributed by atoms with Crippen molar-refractivity contribution in [2.45, 2.75) is 0 Å². The number of nitrogens with one attached hydrogen (secondary N) is 1. The lowest BCUT2D eigenvalue weighted by molar-refractivity contribution is 0.668. The molecule has 0 aliphatic rings. The molecule has 0 saturated carbocycles. The molecule has 544 valence electrons. The van der Waals surface area contributed by atoms with Crippen molar-refractivity contribution >= 4 is 132 Å². The average Bonchev–Trinajstić information content (AvgIpc) is 1.60. The zero-order valence-corrected chi connectivity index (χ0v) is 64.2. The second-order valence-corrected chi connectivity index (χ2v) is 29.8. The average molecular weight is 1540 g/mol. The Balaban J connectivity index is 0.000000124. The first-order chi connectivity index (χ1) is 56.9. The van der Waals surface area contributed by atoms with Crippen LogP contribution in [0.25, 0.3) is 166 Å². The molecule has 0 bridgehead atoms. The van der Waals surface area contributed by atoms with Gasteiger partial charge in [0.25, 0.3) is 0 Å². The highest BCUT2D eigenvalue weighted by Gasteiger charge is 2.20. The van der Waals surface area contributed by atoms with Crippen molar-refractivity contribution < 1.29 is 8.83 Å². The molecule has 0 aliphatic heterocycles. The van der Waals surface area contributed by atoms with Gasteiger partial charge in [0.1, 0.15) is 22.3 Å². The molecule has 1 N–H and O–H groups in total. The fourth-order valence-electron chi connectivity index (χ4n) is 16.4. The van der Waals surface area contributed by atoms with Crippen LogP contribution in [-0.2, 0) is 0 Å². The zero-order valence-electron chi connectivity index (χ0n) is 62.6. The molecule has 4 aromatic heterocycles. The lowest BCUT2D eigenvalue weighted by Gasteiger charge is -2.26. The van der Waals surface area contributed by atoms with Crippen molar-refractivity contribution in [3.8, 4) is 78.1 Å². The quantitative estimate of drug-likeness (QED) is 0.125. The summed E-state index contributed by atoms with van der Waals surface area (Å²) in [6.45, 7) is 0. The third-order valence-electron chi connectivity index (χ3n) is 22.0. The van der Waals surface area contributed by atoms with Crippen molar-refractivity contribution in [3.05, 3.63) is 441 Å². The largest absolute Gasteiger partial charge is 0.456 e. The summed E-state index contributed by atoms with van der Waals surface area (Å²) in [6, 6.07) is 155. The van der Waals surface area contributed by atoms with Gasteiger partial charge in [-0.15, -0.1) is 0 Å². The first-order valence-corrected chi connectivity index (χ1v) is 39.7. The van der Waals surface area contributed by atoms with E-state index in [-0.39, 0.29) is 0 Å². The lowest BCUT2D eigenvalue weighted by Crippen LogP contribution is -2.09. The van der Waals surface area contributed by atoms with E-state index in [0.29, 0.717) is 0 Å². The topological polar surface area (TPSA) is 51.4 Å². The van der Waals surface area contributed by atoms with Gasteiger partial charge in [-0.1, -0.05) is 307 Å². The van der Waals surface area contributed by atoms with Gasteiger partial charge in [-0.25, -0.2) is 0 Å². The smallest absolute Gasteiger partial charge is 0.136 e. The lowest BCUT2D eigenvalue weighted by atomic mass is 10.0. The summed E-state index contributed by atoms with van der Waals surface area (Å²) in [6.07, 6.45) is 0. The highest BCUT2D eigenvalue weighted by atomic mass is 79.9. The third kappa shape index (κ3) is 13.5. The van der Waals surface area contributed by atoms with Crippen molar-refractivity contribution in [3.63, 3.8) is 0 Å². The summed E-state index contributed by atoms with van der Waals surface area (Å²) in [4.78, 5) is 2.34. The zero-order chi connectivity index (χ0) is 76.5. The Morgan fingerprint density at radius 1 is 0.209 bits per heavy atom. The van der Waals surface area contributed by atoms with E-state index in [0.717, 1.165) is 110 Å². The molecule has 0 fully saturated rings. The Kier molecular flexibility index (Phi) is 18.4. The molecular formula is C108H73BrN4O2. The van der Waals surface area contributed by atoms with Crippen LogP contribution < -0.4 is 10.2 Å². The second kappa shape index (κ2) is 30.5. The van der Waals surface area contributed by atoms with Crippen LogP contribution in [0.5, 0.6) is 0 Å². The van der Waals surface area contributed by atoms with Crippen LogP contribution in [0, 0.1) is 0 Å². The predicted molar refractivity (Wildman–Crippen MR) is 487 cm³/mol. The van der Waals surface area contributed by atoms with E-state index >= 15 is 0 Å². The number of benzene rings is 18. The molecule has 22 aromatic rings. The molecule has 7 heteroatoms. The van der Waals surface area contributed by atoms with E-state index in [1.165, 1.54) is 88.2 Å². The summed E-state index contributed by atoms with van der Waals surface area (Å²) < 4.78 is 18.2. The minimum Gasteiger partial charge on any atom is -0.456 e. The normalized spacial score (nSPS) is 11.3. The van der Waals surface area contributed by atoms with Gasteiger partial charge in [-0.3, -0.25) is 0 Å². The summed E-state index contributed by atoms with van der Waals surface area (Å²) in [5, 5.41) is 13.2. The number of aromatic nitrogens is 2. The van der Waals surface area contributed by atoms with E-state index in [9.17, 15) is 0 Å². The van der Waals surface area contributed by atoms with Crippen LogP contribution in [0.4, 0.5) is 28.4 Å². The molecule has 4 heterocycles. The summed E-state index contributed by atoms with van der Waals surface area (Å²) in [7, 11) is 0. The Labute approximate surface area is 674 Å². The fraction of sp³-hybridized carbons (Fsp3) is 0. The van der Waals surface area contributed by atoms with Crippen LogP contribution in [0.3, 0.4) is 0 Å². The Morgan fingerprint density at radius 3 is 0.861 bits per heavy atom. The molecule has 0 aliphatic carbocycles. The van der Waals surface area contributed by atoms with Gasteiger partial charge in [0.05, 0.1) is 33.4 Å². The molecule has 6 nitrogen and oxygen atoms in total. The van der Waals surface area contributed by atoms with Gasteiger partial charge in [0, 0.05) is 87.1 Å². The Hall–Kier alpha value is -14.8. The summed E-state index contributed by atoms with van der Waals surface area (Å²) in [5.41, 5.74) is 30.5. The van der Waals surface area contributed by atoms with Crippen LogP contribution >= 0.6 is 15.9 Å². The van der Waals surface area contributed by atoms with Crippen LogP contribution in [0.15, 0.2) is 450 Å². The van der Waals surface area contributed by atoms with Crippen molar-refractivity contribution in [2.24, 2.45) is 0 Å². The number of rotatable bonds is 13. The van der Waals surface area contributed by atoms with E-state index in [1.807, 2.05) is 36.4 Å². The highest BCUT2D eigenvalue weighted by molar-refractivity contribution is 9.10. The van der Waals surface area contributed by atoms with E-state index < -0.39 is 0 Å². The number of hydrogen-bond donors (Lipinski definition) is 1.